The highest BCUT2D eigenvalue weighted by atomic mass is 16.5. The zero-order valence-electron chi connectivity index (χ0n) is 13.2. The number of hydrogen-bond acceptors (Lipinski definition) is 4. The third-order valence-electron chi connectivity index (χ3n) is 3.33. The molecule has 1 aromatic carbocycles. The van der Waals surface area contributed by atoms with Crippen LogP contribution in [0, 0.1) is 0 Å². The van der Waals surface area contributed by atoms with Crippen molar-refractivity contribution < 1.29 is 14.2 Å². The summed E-state index contributed by atoms with van der Waals surface area (Å²) in [5, 5.41) is 0. The van der Waals surface area contributed by atoms with E-state index in [4.69, 9.17) is 19.9 Å². The van der Waals surface area contributed by atoms with E-state index >= 15 is 0 Å². The second-order valence-corrected chi connectivity index (χ2v) is 5.72. The van der Waals surface area contributed by atoms with Gasteiger partial charge in [-0.15, -0.1) is 0 Å². The first-order chi connectivity index (χ1) is 9.38. The zero-order valence-corrected chi connectivity index (χ0v) is 13.2. The predicted octanol–water partition coefficient (Wildman–Crippen LogP) is 2.78. The van der Waals surface area contributed by atoms with Crippen molar-refractivity contribution in [2.75, 3.05) is 20.8 Å². The van der Waals surface area contributed by atoms with Crippen LogP contribution in [0.3, 0.4) is 0 Å². The lowest BCUT2D eigenvalue weighted by Crippen LogP contribution is -2.25. The first-order valence-corrected chi connectivity index (χ1v) is 6.98. The highest BCUT2D eigenvalue weighted by Gasteiger charge is 2.17. The number of hydrogen-bond donors (Lipinski definition) is 1. The van der Waals surface area contributed by atoms with Crippen LogP contribution in [0.4, 0.5) is 0 Å². The number of nitrogens with two attached hydrogens (primary N) is 1. The van der Waals surface area contributed by atoms with E-state index in [9.17, 15) is 0 Å². The summed E-state index contributed by atoms with van der Waals surface area (Å²) in [5.74, 6) is 1.63. The molecule has 0 radical (unpaired) electrons. The molecular weight excluding hydrogens is 254 g/mol. The Morgan fingerprint density at radius 3 is 2.50 bits per heavy atom. The van der Waals surface area contributed by atoms with Crippen molar-refractivity contribution >= 4 is 0 Å². The molecule has 2 N–H and O–H groups in total. The van der Waals surface area contributed by atoms with Crippen molar-refractivity contribution in [2.24, 2.45) is 5.73 Å². The molecular formula is C16H27NO3. The monoisotopic (exact) mass is 281 g/mol. The molecule has 0 aliphatic heterocycles. The normalized spacial score (nSPS) is 13.1. The number of rotatable bonds is 8. The number of methoxy groups -OCH3 is 2. The Morgan fingerprint density at radius 1 is 1.25 bits per heavy atom. The molecule has 0 saturated carbocycles. The third-order valence-corrected chi connectivity index (χ3v) is 3.33. The van der Waals surface area contributed by atoms with Gasteiger partial charge in [0, 0.05) is 25.6 Å². The summed E-state index contributed by atoms with van der Waals surface area (Å²) in [6.45, 7) is 6.68. The molecule has 0 aromatic heterocycles. The minimum atomic E-state index is -0.180. The van der Waals surface area contributed by atoms with E-state index in [1.807, 2.05) is 39.0 Å². The maximum atomic E-state index is 5.90. The molecule has 0 aliphatic rings. The van der Waals surface area contributed by atoms with Crippen LogP contribution in [-0.2, 0) is 11.2 Å². The van der Waals surface area contributed by atoms with Crippen molar-refractivity contribution in [1.29, 1.82) is 0 Å². The van der Waals surface area contributed by atoms with Gasteiger partial charge in [-0.2, -0.15) is 0 Å². The Labute approximate surface area is 122 Å². The lowest BCUT2D eigenvalue weighted by Gasteiger charge is -2.23. The molecule has 1 aromatic rings. The van der Waals surface area contributed by atoms with Gasteiger partial charge in [-0.25, -0.2) is 0 Å². The van der Waals surface area contributed by atoms with E-state index in [1.165, 1.54) is 0 Å². The topological polar surface area (TPSA) is 53.7 Å². The molecule has 0 fully saturated rings. The number of ether oxygens (including phenoxy) is 3. The first-order valence-electron chi connectivity index (χ1n) is 6.98. The molecule has 0 saturated heterocycles. The van der Waals surface area contributed by atoms with Crippen molar-refractivity contribution in [3.8, 4) is 11.5 Å². The van der Waals surface area contributed by atoms with Crippen molar-refractivity contribution in [3.63, 3.8) is 0 Å². The van der Waals surface area contributed by atoms with Crippen LogP contribution in [0.1, 0.15) is 32.8 Å². The summed E-state index contributed by atoms with van der Waals surface area (Å²) in [7, 11) is 3.37. The van der Waals surface area contributed by atoms with Crippen LogP contribution >= 0.6 is 0 Å². The van der Waals surface area contributed by atoms with Gasteiger partial charge < -0.3 is 19.9 Å². The molecule has 0 aliphatic carbocycles. The largest absolute Gasteiger partial charge is 0.497 e. The van der Waals surface area contributed by atoms with Crippen LogP contribution in [0.15, 0.2) is 18.2 Å². The van der Waals surface area contributed by atoms with E-state index in [2.05, 4.69) is 0 Å². The fraction of sp³-hybridized carbons (Fsp3) is 0.625. The van der Waals surface area contributed by atoms with E-state index in [1.54, 1.807) is 14.2 Å². The molecule has 4 nitrogen and oxygen atoms in total. The van der Waals surface area contributed by atoms with E-state index in [0.29, 0.717) is 6.61 Å². The van der Waals surface area contributed by atoms with Crippen molar-refractivity contribution in [1.82, 2.24) is 0 Å². The van der Waals surface area contributed by atoms with Crippen LogP contribution in [0.5, 0.6) is 11.5 Å². The van der Waals surface area contributed by atoms with Gasteiger partial charge in [0.05, 0.1) is 19.3 Å². The molecule has 1 unspecified atom stereocenters. The highest BCUT2D eigenvalue weighted by molar-refractivity contribution is 5.41. The number of benzene rings is 1. The molecule has 0 heterocycles. The smallest absolute Gasteiger partial charge is 0.126 e. The second-order valence-electron chi connectivity index (χ2n) is 5.72. The second kappa shape index (κ2) is 7.50. The van der Waals surface area contributed by atoms with Crippen molar-refractivity contribution in [3.05, 3.63) is 23.8 Å². The molecule has 0 amide bonds. The summed E-state index contributed by atoms with van der Waals surface area (Å²) in [6.07, 6.45) is 1.60. The fourth-order valence-electron chi connectivity index (χ4n) is 1.82. The average molecular weight is 281 g/mol. The summed E-state index contributed by atoms with van der Waals surface area (Å²) in [5.41, 5.74) is 6.80. The van der Waals surface area contributed by atoms with Crippen LogP contribution < -0.4 is 15.2 Å². The highest BCUT2D eigenvalue weighted by Crippen LogP contribution is 2.26. The minimum Gasteiger partial charge on any atom is -0.497 e. The maximum Gasteiger partial charge on any atom is 0.126 e. The summed E-state index contributed by atoms with van der Waals surface area (Å²) in [4.78, 5) is 0. The van der Waals surface area contributed by atoms with E-state index in [0.717, 1.165) is 29.9 Å². The molecule has 1 atom stereocenters. The quantitative estimate of drug-likeness (QED) is 0.796. The Morgan fingerprint density at radius 2 is 1.95 bits per heavy atom. The zero-order chi connectivity index (χ0) is 15.2. The lowest BCUT2D eigenvalue weighted by atomic mass is 10.1. The summed E-state index contributed by atoms with van der Waals surface area (Å²) in [6, 6.07) is 5.96. The average Bonchev–Trinajstić information content (AvgIpc) is 2.39. The fourth-order valence-corrected chi connectivity index (χ4v) is 1.82. The first kappa shape index (κ1) is 16.8. The third kappa shape index (κ3) is 5.39. The standard InChI is InChI=1S/C16H27NO3/c1-12(17)10-13-6-7-14(18-4)11-15(13)20-9-8-16(2,3)19-5/h6-7,11-12H,8-10,17H2,1-5H3. The van der Waals surface area contributed by atoms with Gasteiger partial charge in [0.1, 0.15) is 11.5 Å². The van der Waals surface area contributed by atoms with E-state index in [-0.39, 0.29) is 11.6 Å². The Hall–Kier alpha value is -1.26. The Bertz CT molecular complexity index is 416. The summed E-state index contributed by atoms with van der Waals surface area (Å²) >= 11 is 0. The molecule has 20 heavy (non-hydrogen) atoms. The van der Waals surface area contributed by atoms with Gasteiger partial charge >= 0.3 is 0 Å². The van der Waals surface area contributed by atoms with Gasteiger partial charge in [0.25, 0.3) is 0 Å². The van der Waals surface area contributed by atoms with E-state index < -0.39 is 0 Å². The summed E-state index contributed by atoms with van der Waals surface area (Å²) < 4.78 is 16.5. The molecule has 114 valence electrons. The predicted molar refractivity (Wildman–Crippen MR) is 81.5 cm³/mol. The SMILES string of the molecule is COc1ccc(CC(C)N)c(OCCC(C)(C)OC)c1. The van der Waals surface area contributed by atoms with Crippen LogP contribution in [-0.4, -0.2) is 32.5 Å². The lowest BCUT2D eigenvalue weighted by molar-refractivity contribution is 0.00536. The molecule has 0 bridgehead atoms. The Balaban J connectivity index is 2.74. The van der Waals surface area contributed by atoms with Gasteiger partial charge in [-0.3, -0.25) is 0 Å². The van der Waals surface area contributed by atoms with Crippen molar-refractivity contribution in [2.45, 2.75) is 45.3 Å². The van der Waals surface area contributed by atoms with Gasteiger partial charge in [0.2, 0.25) is 0 Å². The van der Waals surface area contributed by atoms with Gasteiger partial charge in [-0.05, 0) is 38.8 Å². The molecule has 1 rings (SSSR count). The molecule has 4 heteroatoms. The minimum absolute atomic E-state index is 0.0983. The Kier molecular flexibility index (Phi) is 6.30. The van der Waals surface area contributed by atoms with Crippen LogP contribution in [0.2, 0.25) is 0 Å². The van der Waals surface area contributed by atoms with Gasteiger partial charge in [-0.1, -0.05) is 6.07 Å². The van der Waals surface area contributed by atoms with Gasteiger partial charge in [0.15, 0.2) is 0 Å². The van der Waals surface area contributed by atoms with Crippen LogP contribution in [0.25, 0.3) is 0 Å². The maximum absolute atomic E-state index is 5.90. The molecule has 0 spiro atoms.